The summed E-state index contributed by atoms with van der Waals surface area (Å²) in [6.07, 6.45) is -4.34. The summed E-state index contributed by atoms with van der Waals surface area (Å²) in [7, 11) is 1.88. The van der Waals surface area contributed by atoms with Crippen LogP contribution in [0.25, 0.3) is 0 Å². The molecular weight excluding hydrogens is 279 g/mol. The minimum absolute atomic E-state index is 0.410. The molecule has 5 heteroatoms. The van der Waals surface area contributed by atoms with Crippen molar-refractivity contribution in [1.82, 2.24) is 4.90 Å². The highest BCUT2D eigenvalue weighted by Crippen LogP contribution is 2.36. The Bertz CT molecular complexity index is 667. The Kier molecular flexibility index (Phi) is 3.37. The monoisotopic (exact) mass is 293 g/mol. The zero-order valence-corrected chi connectivity index (χ0v) is 11.4. The molecule has 0 fully saturated rings. The zero-order valence-electron chi connectivity index (χ0n) is 11.4. The summed E-state index contributed by atoms with van der Waals surface area (Å²) in [4.78, 5) is 1.97. The quantitative estimate of drug-likeness (QED) is 0.712. The molecule has 2 aromatic carbocycles. The summed E-state index contributed by atoms with van der Waals surface area (Å²) in [6, 6.07) is 11.2. The average molecular weight is 293 g/mol. The SMILES string of the molecule is CN1Cc2ccccc2Oc2ccc(C(F)(F)F)cc2C1. The summed E-state index contributed by atoms with van der Waals surface area (Å²) in [5.41, 5.74) is 0.916. The van der Waals surface area contributed by atoms with Gasteiger partial charge < -0.3 is 4.74 Å². The number of hydrogen-bond donors (Lipinski definition) is 0. The van der Waals surface area contributed by atoms with Gasteiger partial charge in [0, 0.05) is 24.2 Å². The standard InChI is InChI=1S/C16H14F3NO/c1-20-9-11-4-2-3-5-14(11)21-15-7-6-13(16(17,18)19)8-12(15)10-20/h2-8H,9-10H2,1H3. The van der Waals surface area contributed by atoms with Gasteiger partial charge in [-0.3, -0.25) is 4.90 Å². The van der Waals surface area contributed by atoms with Gasteiger partial charge in [-0.1, -0.05) is 18.2 Å². The second-order valence-corrected chi connectivity index (χ2v) is 5.20. The number of benzene rings is 2. The predicted molar refractivity (Wildman–Crippen MR) is 73.1 cm³/mol. The molecule has 3 rings (SSSR count). The van der Waals surface area contributed by atoms with Crippen LogP contribution in [0.2, 0.25) is 0 Å². The molecule has 0 saturated carbocycles. The fraction of sp³-hybridized carbons (Fsp3) is 0.250. The second kappa shape index (κ2) is 5.07. The lowest BCUT2D eigenvalue weighted by molar-refractivity contribution is -0.137. The molecule has 0 amide bonds. The molecule has 0 bridgehead atoms. The van der Waals surface area contributed by atoms with Crippen LogP contribution in [0, 0.1) is 0 Å². The maximum Gasteiger partial charge on any atom is 0.416 e. The number of nitrogens with zero attached hydrogens (tertiary/aromatic N) is 1. The maximum absolute atomic E-state index is 12.8. The van der Waals surface area contributed by atoms with E-state index in [9.17, 15) is 13.2 Å². The Morgan fingerprint density at radius 3 is 2.38 bits per heavy atom. The zero-order chi connectivity index (χ0) is 15.0. The lowest BCUT2D eigenvalue weighted by Gasteiger charge is -2.25. The summed E-state index contributed by atoms with van der Waals surface area (Å²) >= 11 is 0. The summed E-state index contributed by atoms with van der Waals surface area (Å²) in [5, 5.41) is 0. The first-order valence-electron chi connectivity index (χ1n) is 6.58. The van der Waals surface area contributed by atoms with E-state index in [4.69, 9.17) is 4.74 Å². The second-order valence-electron chi connectivity index (χ2n) is 5.20. The largest absolute Gasteiger partial charge is 0.457 e. The van der Waals surface area contributed by atoms with Crippen molar-refractivity contribution in [1.29, 1.82) is 0 Å². The van der Waals surface area contributed by atoms with Crippen molar-refractivity contribution < 1.29 is 17.9 Å². The van der Waals surface area contributed by atoms with Crippen molar-refractivity contribution in [3.63, 3.8) is 0 Å². The molecule has 0 atom stereocenters. The first kappa shape index (κ1) is 13.9. The minimum Gasteiger partial charge on any atom is -0.457 e. The van der Waals surface area contributed by atoms with Crippen LogP contribution in [0.4, 0.5) is 13.2 Å². The number of para-hydroxylation sites is 1. The number of hydrogen-bond acceptors (Lipinski definition) is 2. The Labute approximate surface area is 120 Å². The smallest absolute Gasteiger partial charge is 0.416 e. The van der Waals surface area contributed by atoms with E-state index < -0.39 is 11.7 Å². The molecule has 0 aromatic heterocycles. The number of fused-ring (bicyclic) bond motifs is 2. The Morgan fingerprint density at radius 2 is 1.62 bits per heavy atom. The molecule has 1 aliphatic heterocycles. The normalized spacial score (nSPS) is 15.4. The van der Waals surface area contributed by atoms with Crippen LogP contribution in [0.5, 0.6) is 11.5 Å². The van der Waals surface area contributed by atoms with Gasteiger partial charge in [0.1, 0.15) is 11.5 Å². The van der Waals surface area contributed by atoms with Gasteiger partial charge in [-0.15, -0.1) is 0 Å². The molecular formula is C16H14F3NO. The minimum atomic E-state index is -4.34. The van der Waals surface area contributed by atoms with E-state index in [-0.39, 0.29) is 0 Å². The van der Waals surface area contributed by atoms with E-state index in [0.717, 1.165) is 11.6 Å². The van der Waals surface area contributed by atoms with Crippen molar-refractivity contribution in [2.45, 2.75) is 19.3 Å². The third kappa shape index (κ3) is 2.88. The maximum atomic E-state index is 12.8. The molecule has 2 nitrogen and oxygen atoms in total. The van der Waals surface area contributed by atoms with Gasteiger partial charge in [-0.05, 0) is 31.3 Å². The van der Waals surface area contributed by atoms with Crippen molar-refractivity contribution in [3.8, 4) is 11.5 Å². The molecule has 2 aromatic rings. The van der Waals surface area contributed by atoms with Gasteiger partial charge in [-0.2, -0.15) is 13.2 Å². The third-order valence-corrected chi connectivity index (χ3v) is 3.46. The van der Waals surface area contributed by atoms with Crippen molar-refractivity contribution in [3.05, 3.63) is 59.2 Å². The highest BCUT2D eigenvalue weighted by atomic mass is 19.4. The van der Waals surface area contributed by atoms with Gasteiger partial charge in [0.05, 0.1) is 5.56 Å². The average Bonchev–Trinajstić information content (AvgIpc) is 2.39. The van der Waals surface area contributed by atoms with Crippen LogP contribution < -0.4 is 4.74 Å². The predicted octanol–water partition coefficient (Wildman–Crippen LogP) is 4.44. The van der Waals surface area contributed by atoms with Crippen LogP contribution in [-0.4, -0.2) is 11.9 Å². The van der Waals surface area contributed by atoms with Gasteiger partial charge in [0.15, 0.2) is 0 Å². The Balaban J connectivity index is 2.06. The first-order valence-corrected chi connectivity index (χ1v) is 6.58. The van der Waals surface area contributed by atoms with E-state index >= 15 is 0 Å². The number of halogens is 3. The fourth-order valence-electron chi connectivity index (χ4n) is 2.47. The fourth-order valence-corrected chi connectivity index (χ4v) is 2.47. The summed E-state index contributed by atoms with van der Waals surface area (Å²) in [5.74, 6) is 1.16. The van der Waals surface area contributed by atoms with Crippen molar-refractivity contribution in [2.75, 3.05) is 7.05 Å². The van der Waals surface area contributed by atoms with E-state index in [1.807, 2.05) is 36.2 Å². The Morgan fingerprint density at radius 1 is 0.952 bits per heavy atom. The third-order valence-electron chi connectivity index (χ3n) is 3.46. The van der Waals surface area contributed by atoms with Crippen LogP contribution in [-0.2, 0) is 19.3 Å². The van der Waals surface area contributed by atoms with Gasteiger partial charge in [-0.25, -0.2) is 0 Å². The van der Waals surface area contributed by atoms with Gasteiger partial charge >= 0.3 is 6.18 Å². The van der Waals surface area contributed by atoms with Gasteiger partial charge in [0.2, 0.25) is 0 Å². The van der Waals surface area contributed by atoms with Gasteiger partial charge in [0.25, 0.3) is 0 Å². The molecule has 0 N–H and O–H groups in total. The molecule has 110 valence electrons. The molecule has 21 heavy (non-hydrogen) atoms. The molecule has 0 unspecified atom stereocenters. The van der Waals surface area contributed by atoms with Crippen molar-refractivity contribution >= 4 is 0 Å². The number of ether oxygens (including phenoxy) is 1. The Hall–Kier alpha value is -2.01. The number of rotatable bonds is 0. The van der Waals surface area contributed by atoms with E-state index in [2.05, 4.69) is 0 Å². The molecule has 1 aliphatic rings. The summed E-state index contributed by atoms with van der Waals surface area (Å²) < 4.78 is 44.3. The number of alkyl halides is 3. The van der Waals surface area contributed by atoms with E-state index in [1.54, 1.807) is 0 Å². The van der Waals surface area contributed by atoms with E-state index in [0.29, 0.717) is 30.2 Å². The molecule has 0 spiro atoms. The topological polar surface area (TPSA) is 12.5 Å². The lowest BCUT2D eigenvalue weighted by atomic mass is 10.1. The van der Waals surface area contributed by atoms with Crippen LogP contribution in [0.3, 0.4) is 0 Å². The molecule has 1 heterocycles. The molecule has 0 radical (unpaired) electrons. The molecule has 0 aliphatic carbocycles. The summed E-state index contributed by atoms with van der Waals surface area (Å²) in [6.45, 7) is 1.04. The highest BCUT2D eigenvalue weighted by molar-refractivity contribution is 5.44. The lowest BCUT2D eigenvalue weighted by Crippen LogP contribution is -2.20. The van der Waals surface area contributed by atoms with Crippen LogP contribution in [0.1, 0.15) is 16.7 Å². The van der Waals surface area contributed by atoms with E-state index in [1.165, 1.54) is 12.1 Å². The van der Waals surface area contributed by atoms with Crippen LogP contribution in [0.15, 0.2) is 42.5 Å². The van der Waals surface area contributed by atoms with Crippen LogP contribution >= 0.6 is 0 Å². The van der Waals surface area contributed by atoms with Crippen molar-refractivity contribution in [2.24, 2.45) is 0 Å². The highest BCUT2D eigenvalue weighted by Gasteiger charge is 2.31. The molecule has 0 saturated heterocycles. The first-order chi connectivity index (χ1) is 9.93.